The molecule has 0 atom stereocenters. The summed E-state index contributed by atoms with van der Waals surface area (Å²) in [7, 11) is 1.36. The first-order valence-corrected chi connectivity index (χ1v) is 5.95. The van der Waals surface area contributed by atoms with Crippen molar-refractivity contribution in [3.8, 4) is 18.1 Å². The molecule has 1 aromatic carbocycles. The zero-order chi connectivity index (χ0) is 15.7. The minimum atomic E-state index is -0.720. The number of methoxy groups -OCH3 is 1. The molecule has 0 aliphatic rings. The molecule has 1 amide bonds. The Kier molecular flexibility index (Phi) is 6.48. The Labute approximate surface area is 121 Å². The molecule has 21 heavy (non-hydrogen) atoms. The monoisotopic (exact) mass is 291 g/mol. The summed E-state index contributed by atoms with van der Waals surface area (Å²) < 4.78 is 22.8. The molecular formula is C15H14FNO4. The van der Waals surface area contributed by atoms with Crippen LogP contribution >= 0.6 is 0 Å². The second-order valence-corrected chi connectivity index (χ2v) is 3.82. The van der Waals surface area contributed by atoms with Crippen molar-refractivity contribution in [1.82, 2.24) is 5.32 Å². The summed E-state index contributed by atoms with van der Waals surface area (Å²) >= 11 is 0. The molecule has 0 spiro atoms. The van der Waals surface area contributed by atoms with E-state index in [-0.39, 0.29) is 12.3 Å². The molecule has 0 aromatic heterocycles. The average Bonchev–Trinajstić information content (AvgIpc) is 2.48. The molecule has 6 heteroatoms. The SMILES string of the molecule is C#CCNC(=O)COC(=O)/C=C/c1ccc(OC)c(F)c1. The standard InChI is InChI=1S/C15H14FNO4/c1-3-8-17-14(18)10-21-15(19)7-5-11-4-6-13(20-2)12(16)9-11/h1,4-7,9H,8,10H2,2H3,(H,17,18)/b7-5+. The van der Waals surface area contributed by atoms with Crippen molar-refractivity contribution in [3.63, 3.8) is 0 Å². The van der Waals surface area contributed by atoms with Gasteiger partial charge in [-0.1, -0.05) is 12.0 Å². The third kappa shape index (κ3) is 5.78. The lowest BCUT2D eigenvalue weighted by atomic mass is 10.2. The first kappa shape index (κ1) is 16.2. The largest absolute Gasteiger partial charge is 0.494 e. The Balaban J connectivity index is 2.49. The van der Waals surface area contributed by atoms with E-state index < -0.39 is 24.3 Å². The summed E-state index contributed by atoms with van der Waals surface area (Å²) in [4.78, 5) is 22.5. The van der Waals surface area contributed by atoms with Gasteiger partial charge >= 0.3 is 5.97 Å². The molecule has 1 rings (SSSR count). The number of halogens is 1. The van der Waals surface area contributed by atoms with Crippen molar-refractivity contribution in [2.24, 2.45) is 0 Å². The lowest BCUT2D eigenvalue weighted by Crippen LogP contribution is -2.28. The van der Waals surface area contributed by atoms with Gasteiger partial charge in [-0.15, -0.1) is 6.42 Å². The zero-order valence-electron chi connectivity index (χ0n) is 11.4. The van der Waals surface area contributed by atoms with Crippen LogP contribution in [0.25, 0.3) is 6.08 Å². The Morgan fingerprint density at radius 2 is 2.24 bits per heavy atom. The maximum Gasteiger partial charge on any atom is 0.331 e. The number of terminal acetylenes is 1. The molecule has 0 aliphatic heterocycles. The highest BCUT2D eigenvalue weighted by Gasteiger charge is 2.04. The van der Waals surface area contributed by atoms with Crippen LogP contribution in [-0.2, 0) is 14.3 Å². The number of nitrogens with one attached hydrogen (secondary N) is 1. The Morgan fingerprint density at radius 1 is 1.48 bits per heavy atom. The molecule has 1 aromatic rings. The molecule has 0 unspecified atom stereocenters. The number of ether oxygens (including phenoxy) is 2. The fourth-order valence-electron chi connectivity index (χ4n) is 1.34. The highest BCUT2D eigenvalue weighted by Crippen LogP contribution is 2.18. The van der Waals surface area contributed by atoms with Gasteiger partial charge in [0.25, 0.3) is 5.91 Å². The van der Waals surface area contributed by atoms with Gasteiger partial charge < -0.3 is 14.8 Å². The van der Waals surface area contributed by atoms with Crippen LogP contribution in [0.5, 0.6) is 5.75 Å². The molecule has 0 fully saturated rings. The summed E-state index contributed by atoms with van der Waals surface area (Å²) in [5.74, 6) is 0.571. The molecule has 0 radical (unpaired) electrons. The van der Waals surface area contributed by atoms with Crippen molar-refractivity contribution >= 4 is 18.0 Å². The smallest absolute Gasteiger partial charge is 0.331 e. The number of carbonyl (C=O) groups excluding carboxylic acids is 2. The van der Waals surface area contributed by atoms with E-state index in [0.717, 1.165) is 6.08 Å². The van der Waals surface area contributed by atoms with Crippen molar-refractivity contribution in [2.45, 2.75) is 0 Å². The van der Waals surface area contributed by atoms with Crippen LogP contribution in [0.3, 0.4) is 0 Å². The number of hydrogen-bond acceptors (Lipinski definition) is 4. The molecule has 0 saturated carbocycles. The second-order valence-electron chi connectivity index (χ2n) is 3.82. The van der Waals surface area contributed by atoms with Crippen LogP contribution in [-0.4, -0.2) is 32.1 Å². The predicted molar refractivity (Wildman–Crippen MR) is 74.8 cm³/mol. The number of benzene rings is 1. The summed E-state index contributed by atoms with van der Waals surface area (Å²) in [6, 6.07) is 4.22. The normalized spacial score (nSPS) is 9.95. The summed E-state index contributed by atoms with van der Waals surface area (Å²) in [5, 5.41) is 2.34. The number of carbonyl (C=O) groups is 2. The van der Waals surface area contributed by atoms with Crippen molar-refractivity contribution in [1.29, 1.82) is 0 Å². The fourth-order valence-corrected chi connectivity index (χ4v) is 1.34. The molecular weight excluding hydrogens is 277 g/mol. The molecule has 0 saturated heterocycles. The fraction of sp³-hybridized carbons (Fsp3) is 0.200. The van der Waals surface area contributed by atoms with Gasteiger partial charge in [0.05, 0.1) is 13.7 Å². The van der Waals surface area contributed by atoms with Gasteiger partial charge in [0.2, 0.25) is 0 Å². The molecule has 5 nitrogen and oxygen atoms in total. The summed E-state index contributed by atoms with van der Waals surface area (Å²) in [5.41, 5.74) is 0.460. The van der Waals surface area contributed by atoms with E-state index >= 15 is 0 Å². The first-order valence-electron chi connectivity index (χ1n) is 5.95. The van der Waals surface area contributed by atoms with E-state index in [1.54, 1.807) is 6.07 Å². The molecule has 0 aliphatic carbocycles. The third-order valence-corrected chi connectivity index (χ3v) is 2.32. The first-order chi connectivity index (χ1) is 10.1. The maximum absolute atomic E-state index is 13.4. The van der Waals surface area contributed by atoms with Crippen molar-refractivity contribution in [2.75, 3.05) is 20.3 Å². The second kappa shape index (κ2) is 8.38. The zero-order valence-corrected chi connectivity index (χ0v) is 11.4. The number of amides is 1. The quantitative estimate of drug-likeness (QED) is 0.485. The Morgan fingerprint density at radius 3 is 2.86 bits per heavy atom. The predicted octanol–water partition coefficient (Wildman–Crippen LogP) is 1.14. The number of rotatable bonds is 6. The average molecular weight is 291 g/mol. The highest BCUT2D eigenvalue weighted by atomic mass is 19.1. The maximum atomic E-state index is 13.4. The van der Waals surface area contributed by atoms with E-state index in [2.05, 4.69) is 16.0 Å². The number of esters is 1. The molecule has 1 N–H and O–H groups in total. The minimum absolute atomic E-state index is 0.0668. The molecule has 110 valence electrons. The molecule has 0 bridgehead atoms. The minimum Gasteiger partial charge on any atom is -0.494 e. The van der Waals surface area contributed by atoms with Crippen molar-refractivity contribution in [3.05, 3.63) is 35.7 Å². The van der Waals surface area contributed by atoms with Gasteiger partial charge in [0.15, 0.2) is 18.2 Å². The van der Waals surface area contributed by atoms with Crippen LogP contribution in [0, 0.1) is 18.2 Å². The van der Waals surface area contributed by atoms with Gasteiger partial charge in [-0.05, 0) is 23.8 Å². The Hall–Kier alpha value is -2.81. The van der Waals surface area contributed by atoms with E-state index in [1.165, 1.54) is 25.3 Å². The van der Waals surface area contributed by atoms with E-state index in [4.69, 9.17) is 11.2 Å². The van der Waals surface area contributed by atoms with Crippen LogP contribution in [0.15, 0.2) is 24.3 Å². The van der Waals surface area contributed by atoms with E-state index in [0.29, 0.717) is 5.56 Å². The summed E-state index contributed by atoms with van der Waals surface area (Å²) in [6.45, 7) is -0.362. The van der Waals surface area contributed by atoms with Crippen LogP contribution in [0.1, 0.15) is 5.56 Å². The topological polar surface area (TPSA) is 64.6 Å². The van der Waals surface area contributed by atoms with Crippen LogP contribution in [0.4, 0.5) is 4.39 Å². The van der Waals surface area contributed by atoms with Gasteiger partial charge in [-0.25, -0.2) is 9.18 Å². The third-order valence-electron chi connectivity index (χ3n) is 2.32. The van der Waals surface area contributed by atoms with Crippen molar-refractivity contribution < 1.29 is 23.5 Å². The van der Waals surface area contributed by atoms with Crippen LogP contribution in [0.2, 0.25) is 0 Å². The summed E-state index contributed by atoms with van der Waals surface area (Å²) in [6.07, 6.45) is 7.41. The number of hydrogen-bond donors (Lipinski definition) is 1. The lowest BCUT2D eigenvalue weighted by Gasteiger charge is -2.03. The lowest BCUT2D eigenvalue weighted by molar-refractivity contribution is -0.143. The van der Waals surface area contributed by atoms with Gasteiger partial charge in [-0.2, -0.15) is 0 Å². The molecule has 0 heterocycles. The van der Waals surface area contributed by atoms with Crippen LogP contribution < -0.4 is 10.1 Å². The Bertz CT molecular complexity index is 590. The van der Waals surface area contributed by atoms with E-state index in [9.17, 15) is 14.0 Å². The highest BCUT2D eigenvalue weighted by molar-refractivity contribution is 5.89. The van der Waals surface area contributed by atoms with E-state index in [1.807, 2.05) is 0 Å². The van der Waals surface area contributed by atoms with Gasteiger partial charge in [-0.3, -0.25) is 4.79 Å². The van der Waals surface area contributed by atoms with Gasteiger partial charge in [0.1, 0.15) is 0 Å². The van der Waals surface area contributed by atoms with Gasteiger partial charge in [0, 0.05) is 6.08 Å².